The maximum absolute atomic E-state index is 12.1. The molecule has 2 aliphatic rings. The van der Waals surface area contributed by atoms with E-state index in [-0.39, 0.29) is 16.9 Å². The molecule has 3 N–H and O–H groups in total. The number of ether oxygens (including phenoxy) is 2. The molecule has 2 rings (SSSR count). The molecule has 2 aliphatic heterocycles. The molecular weight excluding hydrogens is 362 g/mol. The average molecular weight is 400 g/mol. The van der Waals surface area contributed by atoms with Crippen molar-refractivity contribution in [3.8, 4) is 0 Å². The van der Waals surface area contributed by atoms with E-state index in [1.807, 2.05) is 41.5 Å². The summed E-state index contributed by atoms with van der Waals surface area (Å²) >= 11 is 0. The second kappa shape index (κ2) is 8.06. The van der Waals surface area contributed by atoms with Crippen LogP contribution in [-0.2, 0) is 9.47 Å². The number of nitrogens with zero attached hydrogens (tertiary/aromatic N) is 1. The highest BCUT2D eigenvalue weighted by Gasteiger charge is 2.52. The molecule has 2 heterocycles. The monoisotopic (exact) mass is 399 g/mol. The van der Waals surface area contributed by atoms with Crippen LogP contribution in [0.5, 0.6) is 0 Å². The molecule has 0 atom stereocenters. The van der Waals surface area contributed by atoms with Crippen molar-refractivity contribution >= 4 is 12.1 Å². The highest BCUT2D eigenvalue weighted by atomic mass is 16.6. The Kier molecular flexibility index (Phi) is 6.55. The highest BCUT2D eigenvalue weighted by molar-refractivity contribution is 5.75. The number of hydrogen-bond donors (Lipinski definition) is 3. The molecule has 0 saturated carbocycles. The molecule has 3 amide bonds. The molecule has 2 fully saturated rings. The molecule has 0 aromatic heterocycles. The van der Waals surface area contributed by atoms with Crippen LogP contribution < -0.4 is 10.6 Å². The molecule has 2 saturated heterocycles. The van der Waals surface area contributed by atoms with Gasteiger partial charge in [-0.3, -0.25) is 0 Å². The van der Waals surface area contributed by atoms with Gasteiger partial charge in [0, 0.05) is 18.5 Å². The van der Waals surface area contributed by atoms with Gasteiger partial charge in [0.25, 0.3) is 0 Å². The molecule has 0 bridgehead atoms. The topological polar surface area (TPSA) is 100 Å². The van der Waals surface area contributed by atoms with Gasteiger partial charge >= 0.3 is 12.1 Å². The summed E-state index contributed by atoms with van der Waals surface area (Å²) in [6.45, 7) is 14.6. The zero-order valence-corrected chi connectivity index (χ0v) is 18.2. The third-order valence-corrected chi connectivity index (χ3v) is 6.06. The number of likely N-dealkylation sites (tertiary alicyclic amines) is 1. The number of aliphatic hydroxyl groups is 1. The van der Waals surface area contributed by atoms with Crippen molar-refractivity contribution in [1.29, 1.82) is 0 Å². The van der Waals surface area contributed by atoms with Gasteiger partial charge in [0.15, 0.2) is 5.60 Å². The van der Waals surface area contributed by atoms with E-state index < -0.39 is 17.3 Å². The van der Waals surface area contributed by atoms with Gasteiger partial charge in [0.05, 0.1) is 26.3 Å². The third kappa shape index (κ3) is 4.89. The molecule has 0 unspecified atom stereocenters. The standard InChI is InChI=1S/C20H37N3O5/c1-17(2,3)19(26)11-23(12-19)15(24)21-9-7-8-10-22-16(25)28-20(13-27-14-20)18(4,5)6/h26H,7-14H2,1-6H3,(H,21,24)(H,22,25). The average Bonchev–Trinajstić information content (AvgIpc) is 2.48. The van der Waals surface area contributed by atoms with E-state index in [0.29, 0.717) is 39.4 Å². The first-order valence-corrected chi connectivity index (χ1v) is 10.1. The van der Waals surface area contributed by atoms with Gasteiger partial charge in [0.1, 0.15) is 5.60 Å². The molecule has 0 spiro atoms. The number of hydrogen-bond acceptors (Lipinski definition) is 5. The third-order valence-electron chi connectivity index (χ3n) is 6.06. The van der Waals surface area contributed by atoms with E-state index in [4.69, 9.17) is 9.47 Å². The van der Waals surface area contributed by atoms with Crippen LogP contribution in [0.25, 0.3) is 0 Å². The van der Waals surface area contributed by atoms with Crippen LogP contribution in [0.2, 0.25) is 0 Å². The van der Waals surface area contributed by atoms with Crippen LogP contribution in [-0.4, -0.2) is 72.7 Å². The Morgan fingerprint density at radius 3 is 1.96 bits per heavy atom. The van der Waals surface area contributed by atoms with Crippen LogP contribution in [0.1, 0.15) is 54.4 Å². The summed E-state index contributed by atoms with van der Waals surface area (Å²) in [4.78, 5) is 25.7. The molecule has 28 heavy (non-hydrogen) atoms. The summed E-state index contributed by atoms with van der Waals surface area (Å²) in [6.07, 6.45) is 1.06. The molecular formula is C20H37N3O5. The first-order chi connectivity index (χ1) is 12.8. The summed E-state index contributed by atoms with van der Waals surface area (Å²) in [7, 11) is 0. The summed E-state index contributed by atoms with van der Waals surface area (Å²) in [5, 5.41) is 16.1. The van der Waals surface area contributed by atoms with Crippen LogP contribution >= 0.6 is 0 Å². The number of rotatable bonds is 6. The summed E-state index contributed by atoms with van der Waals surface area (Å²) < 4.78 is 10.9. The Hall–Kier alpha value is -1.54. The minimum absolute atomic E-state index is 0.154. The van der Waals surface area contributed by atoms with Crippen molar-refractivity contribution in [2.75, 3.05) is 39.4 Å². The molecule has 162 valence electrons. The lowest BCUT2D eigenvalue weighted by Crippen LogP contribution is -2.70. The van der Waals surface area contributed by atoms with E-state index in [1.165, 1.54) is 0 Å². The zero-order chi connectivity index (χ0) is 21.2. The number of urea groups is 1. The number of nitrogens with one attached hydrogen (secondary N) is 2. The fraction of sp³-hybridized carbons (Fsp3) is 0.900. The molecule has 0 radical (unpaired) electrons. The van der Waals surface area contributed by atoms with Gasteiger partial charge in [-0.1, -0.05) is 41.5 Å². The van der Waals surface area contributed by atoms with Crippen molar-refractivity contribution in [2.45, 2.75) is 65.6 Å². The Morgan fingerprint density at radius 2 is 1.54 bits per heavy atom. The van der Waals surface area contributed by atoms with E-state index in [1.54, 1.807) is 4.90 Å². The van der Waals surface area contributed by atoms with Crippen molar-refractivity contribution < 1.29 is 24.2 Å². The van der Waals surface area contributed by atoms with Crippen molar-refractivity contribution in [3.05, 3.63) is 0 Å². The normalized spacial score (nSPS) is 20.6. The number of alkyl carbamates (subject to hydrolysis) is 1. The Balaban J connectivity index is 1.55. The van der Waals surface area contributed by atoms with Crippen LogP contribution in [0, 0.1) is 10.8 Å². The fourth-order valence-corrected chi connectivity index (χ4v) is 3.10. The molecule has 0 aliphatic carbocycles. The van der Waals surface area contributed by atoms with Gasteiger partial charge in [0.2, 0.25) is 0 Å². The van der Waals surface area contributed by atoms with Crippen LogP contribution in [0.15, 0.2) is 0 Å². The van der Waals surface area contributed by atoms with Gasteiger partial charge in [-0.25, -0.2) is 9.59 Å². The summed E-state index contributed by atoms with van der Waals surface area (Å²) in [5.41, 5.74) is -1.80. The van der Waals surface area contributed by atoms with Crippen molar-refractivity contribution in [2.24, 2.45) is 10.8 Å². The maximum atomic E-state index is 12.1. The Morgan fingerprint density at radius 1 is 1.00 bits per heavy atom. The minimum Gasteiger partial charge on any atom is -0.437 e. The lowest BCUT2D eigenvalue weighted by Gasteiger charge is -2.53. The second-order valence-electron chi connectivity index (χ2n) is 10.1. The van der Waals surface area contributed by atoms with E-state index >= 15 is 0 Å². The van der Waals surface area contributed by atoms with E-state index in [0.717, 1.165) is 12.8 Å². The van der Waals surface area contributed by atoms with E-state index in [9.17, 15) is 14.7 Å². The van der Waals surface area contributed by atoms with Crippen molar-refractivity contribution in [3.63, 3.8) is 0 Å². The number of β-amino-alcohol motifs (C(OH)–C–C–N with tert-alkyl or cyclic N) is 1. The highest BCUT2D eigenvalue weighted by Crippen LogP contribution is 2.40. The van der Waals surface area contributed by atoms with Crippen LogP contribution in [0.4, 0.5) is 9.59 Å². The molecule has 8 heteroatoms. The quantitative estimate of drug-likeness (QED) is 0.594. The van der Waals surface area contributed by atoms with Crippen LogP contribution in [0.3, 0.4) is 0 Å². The predicted molar refractivity (Wildman–Crippen MR) is 106 cm³/mol. The Labute approximate surface area is 168 Å². The number of carbonyl (C=O) groups is 2. The lowest BCUT2D eigenvalue weighted by atomic mass is 9.71. The van der Waals surface area contributed by atoms with Crippen molar-refractivity contribution in [1.82, 2.24) is 15.5 Å². The first kappa shape index (κ1) is 22.7. The molecule has 0 aromatic carbocycles. The van der Waals surface area contributed by atoms with E-state index in [2.05, 4.69) is 10.6 Å². The smallest absolute Gasteiger partial charge is 0.407 e. The SMILES string of the molecule is CC(C)(C)C1(O)CN(C(=O)NCCCCNC(=O)OC2(C(C)(C)C)COC2)C1. The number of carbonyl (C=O) groups excluding carboxylic acids is 2. The summed E-state index contributed by atoms with van der Waals surface area (Å²) in [6, 6.07) is -0.154. The number of amides is 3. The molecule has 0 aromatic rings. The van der Waals surface area contributed by atoms with Gasteiger partial charge in [-0.2, -0.15) is 0 Å². The van der Waals surface area contributed by atoms with Gasteiger partial charge in [-0.05, 0) is 18.3 Å². The zero-order valence-electron chi connectivity index (χ0n) is 18.2. The summed E-state index contributed by atoms with van der Waals surface area (Å²) in [5.74, 6) is 0. The number of unbranched alkanes of at least 4 members (excludes halogenated alkanes) is 1. The van der Waals surface area contributed by atoms with Gasteiger partial charge in [-0.15, -0.1) is 0 Å². The maximum Gasteiger partial charge on any atom is 0.407 e. The largest absolute Gasteiger partial charge is 0.437 e. The predicted octanol–water partition coefficient (Wildman–Crippen LogP) is 2.11. The Bertz CT molecular complexity index is 569. The lowest BCUT2D eigenvalue weighted by molar-refractivity contribution is -0.226. The fourth-order valence-electron chi connectivity index (χ4n) is 3.10. The van der Waals surface area contributed by atoms with Gasteiger partial charge < -0.3 is 30.1 Å². The first-order valence-electron chi connectivity index (χ1n) is 10.1. The minimum atomic E-state index is -0.815. The second-order valence-corrected chi connectivity index (χ2v) is 10.1. The molecule has 8 nitrogen and oxygen atoms in total.